The molecule has 2 heterocycles. The molecule has 4 heteroatoms. The van der Waals surface area contributed by atoms with Crippen molar-refractivity contribution in [3.05, 3.63) is 48.2 Å². The second-order valence-electron chi connectivity index (χ2n) is 3.53. The van der Waals surface area contributed by atoms with Gasteiger partial charge >= 0.3 is 0 Å². The Labute approximate surface area is 97.2 Å². The van der Waals surface area contributed by atoms with Crippen molar-refractivity contribution in [2.75, 3.05) is 0 Å². The lowest BCUT2D eigenvalue weighted by molar-refractivity contribution is 0.619. The SMILES string of the molecule is N#Cc1ccc(-c2nc3ncccc3o2)cc1. The molecule has 0 atom stereocenters. The minimum absolute atomic E-state index is 0.517. The van der Waals surface area contributed by atoms with Crippen molar-refractivity contribution >= 4 is 11.2 Å². The van der Waals surface area contributed by atoms with Crippen LogP contribution in [0.15, 0.2) is 47.0 Å². The van der Waals surface area contributed by atoms with Crippen molar-refractivity contribution in [3.63, 3.8) is 0 Å². The third-order valence-corrected chi connectivity index (χ3v) is 2.43. The Morgan fingerprint density at radius 1 is 1.12 bits per heavy atom. The lowest BCUT2D eigenvalue weighted by Gasteiger charge is -1.93. The number of hydrogen-bond acceptors (Lipinski definition) is 4. The molecule has 80 valence electrons. The summed E-state index contributed by atoms with van der Waals surface area (Å²) in [4.78, 5) is 8.38. The highest BCUT2D eigenvalue weighted by Gasteiger charge is 2.07. The number of benzene rings is 1. The summed E-state index contributed by atoms with van der Waals surface area (Å²) in [6, 6.07) is 12.8. The zero-order valence-electron chi connectivity index (χ0n) is 8.79. The summed E-state index contributed by atoms with van der Waals surface area (Å²) in [6.45, 7) is 0. The standard InChI is InChI=1S/C13H7N3O/c14-8-9-3-5-10(6-4-9)13-16-12-11(17-13)2-1-7-15-12/h1-7H. The Hall–Kier alpha value is -2.67. The molecule has 3 rings (SSSR count). The number of fused-ring (bicyclic) bond motifs is 1. The summed E-state index contributed by atoms with van der Waals surface area (Å²) >= 11 is 0. The number of rotatable bonds is 1. The van der Waals surface area contributed by atoms with Gasteiger partial charge in [-0.25, -0.2) is 4.98 Å². The van der Waals surface area contributed by atoms with Crippen LogP contribution < -0.4 is 0 Å². The van der Waals surface area contributed by atoms with E-state index in [2.05, 4.69) is 16.0 Å². The molecule has 0 aliphatic rings. The molecule has 0 N–H and O–H groups in total. The van der Waals surface area contributed by atoms with E-state index in [0.717, 1.165) is 5.56 Å². The van der Waals surface area contributed by atoms with Crippen molar-refractivity contribution in [3.8, 4) is 17.5 Å². The molecule has 0 bridgehead atoms. The van der Waals surface area contributed by atoms with Crippen molar-refractivity contribution in [2.24, 2.45) is 0 Å². The van der Waals surface area contributed by atoms with Crippen molar-refractivity contribution < 1.29 is 4.42 Å². The predicted octanol–water partition coefficient (Wildman–Crippen LogP) is 2.76. The fourth-order valence-corrected chi connectivity index (χ4v) is 1.58. The van der Waals surface area contributed by atoms with Crippen LogP contribution in [0, 0.1) is 11.3 Å². The Morgan fingerprint density at radius 2 is 1.94 bits per heavy atom. The zero-order valence-corrected chi connectivity index (χ0v) is 8.79. The Balaban J connectivity index is 2.11. The number of nitrogens with zero attached hydrogens (tertiary/aromatic N) is 3. The summed E-state index contributed by atoms with van der Waals surface area (Å²) in [5.41, 5.74) is 2.70. The molecule has 0 radical (unpaired) electrons. The summed E-state index contributed by atoms with van der Waals surface area (Å²) < 4.78 is 5.57. The highest BCUT2D eigenvalue weighted by atomic mass is 16.3. The van der Waals surface area contributed by atoms with Gasteiger partial charge in [0.25, 0.3) is 0 Å². The van der Waals surface area contributed by atoms with Gasteiger partial charge in [-0.15, -0.1) is 0 Å². The number of nitriles is 1. The second kappa shape index (κ2) is 3.72. The minimum atomic E-state index is 0.517. The molecule has 17 heavy (non-hydrogen) atoms. The van der Waals surface area contributed by atoms with E-state index in [1.807, 2.05) is 18.2 Å². The van der Waals surface area contributed by atoms with Crippen LogP contribution in [0.1, 0.15) is 5.56 Å². The number of aromatic nitrogens is 2. The van der Waals surface area contributed by atoms with Gasteiger partial charge in [-0.05, 0) is 36.4 Å². The third-order valence-electron chi connectivity index (χ3n) is 2.43. The molecular formula is C13H7N3O. The lowest BCUT2D eigenvalue weighted by atomic mass is 10.1. The number of oxazole rings is 1. The van der Waals surface area contributed by atoms with Crippen molar-refractivity contribution in [2.45, 2.75) is 0 Å². The molecule has 0 fully saturated rings. The summed E-state index contributed by atoms with van der Waals surface area (Å²) in [5, 5.41) is 8.71. The normalized spacial score (nSPS) is 10.3. The fraction of sp³-hybridized carbons (Fsp3) is 0. The van der Waals surface area contributed by atoms with Gasteiger partial charge in [-0.2, -0.15) is 10.2 Å². The molecule has 0 spiro atoms. The lowest BCUT2D eigenvalue weighted by Crippen LogP contribution is -1.79. The van der Waals surface area contributed by atoms with E-state index in [0.29, 0.717) is 22.7 Å². The highest BCUT2D eigenvalue weighted by Crippen LogP contribution is 2.22. The molecule has 0 saturated heterocycles. The minimum Gasteiger partial charge on any atom is -0.434 e. The monoisotopic (exact) mass is 221 g/mol. The van der Waals surface area contributed by atoms with Gasteiger partial charge in [0.2, 0.25) is 5.89 Å². The molecule has 3 aromatic rings. The van der Waals surface area contributed by atoms with Gasteiger partial charge in [0.1, 0.15) is 0 Å². The van der Waals surface area contributed by atoms with Crippen LogP contribution in [0.4, 0.5) is 0 Å². The molecule has 0 unspecified atom stereocenters. The van der Waals surface area contributed by atoms with Gasteiger partial charge in [-0.3, -0.25) is 0 Å². The van der Waals surface area contributed by atoms with Gasteiger partial charge < -0.3 is 4.42 Å². The Morgan fingerprint density at radius 3 is 2.65 bits per heavy atom. The van der Waals surface area contributed by atoms with Gasteiger partial charge in [0.15, 0.2) is 11.2 Å². The number of hydrogen-bond donors (Lipinski definition) is 0. The van der Waals surface area contributed by atoms with Crippen LogP contribution >= 0.6 is 0 Å². The second-order valence-corrected chi connectivity index (χ2v) is 3.53. The molecule has 0 aliphatic heterocycles. The smallest absolute Gasteiger partial charge is 0.228 e. The molecule has 0 amide bonds. The molecule has 0 aliphatic carbocycles. The molecule has 2 aromatic heterocycles. The summed E-state index contributed by atoms with van der Waals surface area (Å²) in [7, 11) is 0. The maximum atomic E-state index is 8.71. The highest BCUT2D eigenvalue weighted by molar-refractivity contribution is 5.71. The van der Waals surface area contributed by atoms with Gasteiger partial charge in [-0.1, -0.05) is 0 Å². The Bertz CT molecular complexity index is 674. The zero-order chi connectivity index (χ0) is 11.7. The summed E-state index contributed by atoms with van der Waals surface area (Å²) in [5.74, 6) is 0.517. The molecule has 1 aromatic carbocycles. The van der Waals surface area contributed by atoms with Gasteiger partial charge in [0, 0.05) is 11.8 Å². The van der Waals surface area contributed by atoms with Crippen LogP contribution in [-0.4, -0.2) is 9.97 Å². The largest absolute Gasteiger partial charge is 0.434 e. The maximum Gasteiger partial charge on any atom is 0.228 e. The topological polar surface area (TPSA) is 62.7 Å². The Kier molecular flexibility index (Phi) is 2.09. The van der Waals surface area contributed by atoms with Crippen LogP contribution in [-0.2, 0) is 0 Å². The van der Waals surface area contributed by atoms with E-state index in [4.69, 9.17) is 9.68 Å². The first kappa shape index (κ1) is 9.55. The number of pyridine rings is 1. The van der Waals surface area contributed by atoms with E-state index >= 15 is 0 Å². The molecule has 4 nitrogen and oxygen atoms in total. The average molecular weight is 221 g/mol. The first-order valence-electron chi connectivity index (χ1n) is 5.09. The quantitative estimate of drug-likeness (QED) is 0.633. The first-order valence-corrected chi connectivity index (χ1v) is 5.09. The van der Waals surface area contributed by atoms with Crippen molar-refractivity contribution in [1.82, 2.24) is 9.97 Å². The average Bonchev–Trinajstić information content (AvgIpc) is 2.82. The third kappa shape index (κ3) is 1.64. The van der Waals surface area contributed by atoms with Crippen LogP contribution in [0.25, 0.3) is 22.7 Å². The van der Waals surface area contributed by atoms with E-state index < -0.39 is 0 Å². The first-order chi connectivity index (χ1) is 8.36. The molecular weight excluding hydrogens is 214 g/mol. The van der Waals surface area contributed by atoms with Gasteiger partial charge in [0.05, 0.1) is 11.6 Å². The maximum absolute atomic E-state index is 8.71. The summed E-state index contributed by atoms with van der Waals surface area (Å²) in [6.07, 6.45) is 1.67. The fourth-order valence-electron chi connectivity index (χ4n) is 1.58. The van der Waals surface area contributed by atoms with E-state index in [1.165, 1.54) is 0 Å². The van der Waals surface area contributed by atoms with Crippen molar-refractivity contribution in [1.29, 1.82) is 5.26 Å². The van der Waals surface area contributed by atoms with Crippen LogP contribution in [0.2, 0.25) is 0 Å². The molecule has 0 saturated carbocycles. The van der Waals surface area contributed by atoms with Crippen LogP contribution in [0.5, 0.6) is 0 Å². The van der Waals surface area contributed by atoms with E-state index in [9.17, 15) is 0 Å². The van der Waals surface area contributed by atoms with Crippen LogP contribution in [0.3, 0.4) is 0 Å². The van der Waals surface area contributed by atoms with E-state index in [-0.39, 0.29) is 0 Å². The predicted molar refractivity (Wildman–Crippen MR) is 62.0 cm³/mol. The van der Waals surface area contributed by atoms with E-state index in [1.54, 1.807) is 24.4 Å².